The molecular weight excluding hydrogens is 264 g/mol. The minimum Gasteiger partial charge on any atom is -0.313 e. The summed E-state index contributed by atoms with van der Waals surface area (Å²) in [7, 11) is 0. The third kappa shape index (κ3) is 3.02. The molecular formula is C12H18N4S2. The van der Waals surface area contributed by atoms with Crippen molar-refractivity contribution in [2.24, 2.45) is 11.7 Å². The molecule has 2 rings (SSSR count). The second kappa shape index (κ2) is 6.00. The fourth-order valence-electron chi connectivity index (χ4n) is 2.38. The molecule has 1 heterocycles. The first-order valence-electron chi connectivity index (χ1n) is 6.33. The normalized spacial score (nSPS) is 27.3. The van der Waals surface area contributed by atoms with Crippen molar-refractivity contribution >= 4 is 23.3 Å². The van der Waals surface area contributed by atoms with E-state index in [1.54, 1.807) is 11.8 Å². The van der Waals surface area contributed by atoms with Gasteiger partial charge in [-0.2, -0.15) is 9.64 Å². The summed E-state index contributed by atoms with van der Waals surface area (Å²) in [5.41, 5.74) is 5.52. The molecule has 1 aliphatic carbocycles. The molecule has 0 bridgehead atoms. The maximum atomic E-state index is 9.15. The molecule has 1 aromatic rings. The molecule has 6 heteroatoms. The molecule has 0 aliphatic heterocycles. The van der Waals surface area contributed by atoms with Gasteiger partial charge in [-0.15, -0.1) is 0 Å². The highest BCUT2D eigenvalue weighted by atomic mass is 32.2. The lowest BCUT2D eigenvalue weighted by Crippen LogP contribution is -2.41. The van der Waals surface area contributed by atoms with Gasteiger partial charge in [0, 0.05) is 12.2 Å². The Labute approximate surface area is 116 Å². The van der Waals surface area contributed by atoms with Gasteiger partial charge in [-0.3, -0.25) is 0 Å². The van der Waals surface area contributed by atoms with Gasteiger partial charge in [0.05, 0.1) is 6.07 Å². The van der Waals surface area contributed by atoms with Crippen LogP contribution in [0.2, 0.25) is 0 Å². The predicted octanol–water partition coefficient (Wildman–Crippen LogP) is 2.60. The third-order valence-electron chi connectivity index (χ3n) is 3.54. The van der Waals surface area contributed by atoms with Crippen LogP contribution in [0.3, 0.4) is 0 Å². The van der Waals surface area contributed by atoms with Gasteiger partial charge in [0.15, 0.2) is 4.34 Å². The summed E-state index contributed by atoms with van der Waals surface area (Å²) in [6, 6.07) is 2.30. The maximum absolute atomic E-state index is 9.15. The van der Waals surface area contributed by atoms with Crippen LogP contribution < -0.4 is 5.73 Å². The van der Waals surface area contributed by atoms with E-state index < -0.39 is 5.54 Å². The van der Waals surface area contributed by atoms with Crippen molar-refractivity contribution < 1.29 is 0 Å². The summed E-state index contributed by atoms with van der Waals surface area (Å²) in [4.78, 5) is 4.42. The summed E-state index contributed by atoms with van der Waals surface area (Å²) >= 11 is 3.20. The van der Waals surface area contributed by atoms with Crippen molar-refractivity contribution in [1.82, 2.24) is 9.36 Å². The smallest absolute Gasteiger partial charge is 0.170 e. The minimum absolute atomic E-state index is 0.341. The first kappa shape index (κ1) is 13.8. The Morgan fingerprint density at radius 3 is 3.17 bits per heavy atom. The van der Waals surface area contributed by atoms with Crippen LogP contribution >= 0.6 is 23.3 Å². The van der Waals surface area contributed by atoms with E-state index in [1.165, 1.54) is 11.5 Å². The molecule has 18 heavy (non-hydrogen) atoms. The second-order valence-electron chi connectivity index (χ2n) is 4.71. The van der Waals surface area contributed by atoms with Crippen molar-refractivity contribution in [1.29, 1.82) is 5.26 Å². The molecule has 0 saturated heterocycles. The fraction of sp³-hybridized carbons (Fsp3) is 0.750. The molecule has 1 aromatic heterocycles. The summed E-state index contributed by atoms with van der Waals surface area (Å²) in [5, 5.41) is 9.15. The largest absolute Gasteiger partial charge is 0.313 e. The molecule has 0 radical (unpaired) electrons. The highest BCUT2D eigenvalue weighted by molar-refractivity contribution is 8.00. The van der Waals surface area contributed by atoms with Crippen LogP contribution in [-0.2, 0) is 6.42 Å². The Hall–Kier alpha value is -0.640. The highest BCUT2D eigenvalue weighted by Gasteiger charge is 2.39. The lowest BCUT2D eigenvalue weighted by Gasteiger charge is -2.23. The van der Waals surface area contributed by atoms with Crippen molar-refractivity contribution in [2.75, 3.05) is 5.75 Å². The molecule has 2 atom stereocenters. The molecule has 1 saturated carbocycles. The van der Waals surface area contributed by atoms with E-state index >= 15 is 0 Å². The Morgan fingerprint density at radius 2 is 2.50 bits per heavy atom. The molecule has 1 fully saturated rings. The Bertz CT molecular complexity index is 440. The van der Waals surface area contributed by atoms with Gasteiger partial charge >= 0.3 is 0 Å². The van der Waals surface area contributed by atoms with Gasteiger partial charge in [0.1, 0.15) is 11.4 Å². The summed E-state index contributed by atoms with van der Waals surface area (Å²) in [5.74, 6) is 2.24. The predicted molar refractivity (Wildman–Crippen MR) is 74.5 cm³/mol. The molecule has 4 nitrogen and oxygen atoms in total. The van der Waals surface area contributed by atoms with Gasteiger partial charge in [0.2, 0.25) is 0 Å². The molecule has 1 aliphatic rings. The number of rotatable bonds is 5. The van der Waals surface area contributed by atoms with Gasteiger partial charge in [-0.1, -0.05) is 25.1 Å². The third-order valence-corrected chi connectivity index (χ3v) is 5.44. The topological polar surface area (TPSA) is 75.6 Å². The first-order chi connectivity index (χ1) is 8.68. The van der Waals surface area contributed by atoms with E-state index in [9.17, 15) is 0 Å². The Kier molecular flexibility index (Phi) is 4.60. The quantitative estimate of drug-likeness (QED) is 0.840. The van der Waals surface area contributed by atoms with Crippen molar-refractivity contribution in [3.05, 3.63) is 5.82 Å². The van der Waals surface area contributed by atoms with Crippen LogP contribution in [0.4, 0.5) is 0 Å². The fourth-order valence-corrected chi connectivity index (χ4v) is 4.20. The van der Waals surface area contributed by atoms with Gasteiger partial charge in [-0.25, -0.2) is 4.98 Å². The molecule has 0 aromatic carbocycles. The molecule has 0 amide bonds. The van der Waals surface area contributed by atoms with Crippen LogP contribution in [0.15, 0.2) is 4.34 Å². The van der Waals surface area contributed by atoms with Crippen LogP contribution in [0.25, 0.3) is 0 Å². The van der Waals surface area contributed by atoms with Crippen molar-refractivity contribution in [3.8, 4) is 6.07 Å². The number of nitrogens with zero attached hydrogens (tertiary/aromatic N) is 3. The van der Waals surface area contributed by atoms with Crippen molar-refractivity contribution in [2.45, 2.75) is 48.9 Å². The van der Waals surface area contributed by atoms with E-state index in [0.29, 0.717) is 5.92 Å². The maximum Gasteiger partial charge on any atom is 0.170 e. The van der Waals surface area contributed by atoms with Crippen LogP contribution in [0, 0.1) is 17.2 Å². The van der Waals surface area contributed by atoms with Gasteiger partial charge < -0.3 is 5.73 Å². The Balaban J connectivity index is 1.80. The van der Waals surface area contributed by atoms with Crippen molar-refractivity contribution in [3.63, 3.8) is 0 Å². The van der Waals surface area contributed by atoms with Crippen LogP contribution in [0.1, 0.15) is 38.4 Å². The number of nitriles is 1. The zero-order valence-corrected chi connectivity index (χ0v) is 12.2. The summed E-state index contributed by atoms with van der Waals surface area (Å²) in [6.07, 6.45) is 4.90. The monoisotopic (exact) mass is 282 g/mol. The summed E-state index contributed by atoms with van der Waals surface area (Å²) in [6.45, 7) is 2.06. The number of aromatic nitrogens is 2. The SMILES string of the molecule is CCc1nsc(SCCC2CCCC2(N)C#N)n1. The Morgan fingerprint density at radius 1 is 1.67 bits per heavy atom. The zero-order valence-electron chi connectivity index (χ0n) is 10.6. The average molecular weight is 282 g/mol. The molecule has 98 valence electrons. The number of hydrogen-bond donors (Lipinski definition) is 1. The zero-order chi connectivity index (χ0) is 13.0. The first-order valence-corrected chi connectivity index (χ1v) is 8.09. The molecule has 0 spiro atoms. The van der Waals surface area contributed by atoms with E-state index in [-0.39, 0.29) is 0 Å². The van der Waals surface area contributed by atoms with E-state index in [0.717, 1.165) is 48.0 Å². The number of aryl methyl sites for hydroxylation is 1. The van der Waals surface area contributed by atoms with E-state index in [4.69, 9.17) is 11.0 Å². The number of thioether (sulfide) groups is 1. The number of hydrogen-bond acceptors (Lipinski definition) is 6. The highest BCUT2D eigenvalue weighted by Crippen LogP contribution is 2.37. The van der Waals surface area contributed by atoms with Gasteiger partial charge in [0.25, 0.3) is 0 Å². The van der Waals surface area contributed by atoms with Crippen LogP contribution in [-0.4, -0.2) is 20.6 Å². The lowest BCUT2D eigenvalue weighted by molar-refractivity contribution is 0.389. The minimum atomic E-state index is -0.587. The average Bonchev–Trinajstić information content (AvgIpc) is 2.98. The molecule has 2 unspecified atom stereocenters. The summed E-state index contributed by atoms with van der Waals surface area (Å²) < 4.78 is 5.29. The van der Waals surface area contributed by atoms with E-state index in [1.807, 2.05) is 0 Å². The lowest BCUT2D eigenvalue weighted by atomic mass is 9.88. The van der Waals surface area contributed by atoms with Crippen LogP contribution in [0.5, 0.6) is 0 Å². The van der Waals surface area contributed by atoms with Gasteiger partial charge in [-0.05, 0) is 36.7 Å². The number of nitrogens with two attached hydrogens (primary N) is 1. The van der Waals surface area contributed by atoms with E-state index in [2.05, 4.69) is 22.4 Å². The second-order valence-corrected chi connectivity index (χ2v) is 6.80. The standard InChI is InChI=1S/C12H18N4S2/c1-2-10-15-11(18-16-10)17-7-5-9-4-3-6-12(9,14)8-13/h9H,2-7,14H2,1H3. The molecule has 2 N–H and O–H groups in total.